The first-order valence-electron chi connectivity index (χ1n) is 12.3. The number of sulfone groups is 1. The van der Waals surface area contributed by atoms with Gasteiger partial charge < -0.3 is 0 Å². The van der Waals surface area contributed by atoms with Gasteiger partial charge in [-0.05, 0) is 0 Å². The van der Waals surface area contributed by atoms with E-state index in [4.69, 9.17) is 4.74 Å². The van der Waals surface area contributed by atoms with Crippen LogP contribution in [0.15, 0.2) is 99.9 Å². The third-order valence-corrected chi connectivity index (χ3v) is 15.6. The fourth-order valence-electron chi connectivity index (χ4n) is 4.78. The number of nitrogens with zero attached hydrogens (tertiary/aromatic N) is 2. The maximum atomic E-state index is 14.0. The predicted molar refractivity (Wildman–Crippen MR) is 148 cm³/mol. The second kappa shape index (κ2) is 10.1. The van der Waals surface area contributed by atoms with E-state index < -0.39 is 51.6 Å². The molecule has 3 heterocycles. The molecule has 2 aromatic carbocycles. The SMILES string of the molecule is [CH3][Sn]([CH3])([CH3])[C]1=C(C(=O)OC(c2ccccc2)c2ccccc2)N2C(=O)/C(=C/c3ccccn3)[C@H]2S(=O)(=O)C1. The molecule has 1 amide bonds. The molecule has 0 radical (unpaired) electrons. The van der Waals surface area contributed by atoms with E-state index in [9.17, 15) is 18.0 Å². The molecule has 0 saturated carbocycles. The third kappa shape index (κ3) is 4.94. The van der Waals surface area contributed by atoms with Gasteiger partial charge in [-0.2, -0.15) is 0 Å². The van der Waals surface area contributed by atoms with Crippen molar-refractivity contribution in [1.29, 1.82) is 0 Å². The standard InChI is InChI=1S/C26H19N2O5S.3CH3.Sn/c29-24-21(17-20-13-7-8-15-27-20)25-28(24)22(14-16-34(25,31)32)26(30)33-23(18-9-3-1-4-10-18)19-11-5-2-6-12-19;;;;/h1-13,15,17,23,25H,16H2;3*1H3;/b21-17-;;;;/t25-;;;;/m1..../s1. The Hall–Kier alpha value is -3.24. The number of fused-ring (bicyclic) bond motifs is 1. The van der Waals surface area contributed by atoms with E-state index in [1.807, 2.05) is 75.5 Å². The number of pyridine rings is 1. The first-order chi connectivity index (χ1) is 18.1. The van der Waals surface area contributed by atoms with Crippen LogP contribution >= 0.6 is 0 Å². The summed E-state index contributed by atoms with van der Waals surface area (Å²) in [6.07, 6.45) is 2.35. The average Bonchev–Trinajstić information content (AvgIpc) is 2.90. The van der Waals surface area contributed by atoms with Crippen LogP contribution < -0.4 is 0 Å². The molecule has 194 valence electrons. The second-order valence-corrected chi connectivity index (χ2v) is 27.0. The Balaban J connectivity index is 1.59. The van der Waals surface area contributed by atoms with Gasteiger partial charge in [0.2, 0.25) is 0 Å². The molecular formula is C29H28N2O5SSn. The fraction of sp³-hybridized carbons (Fsp3) is 0.207. The summed E-state index contributed by atoms with van der Waals surface area (Å²) >= 11 is -3.22. The molecule has 2 aliphatic rings. The maximum absolute atomic E-state index is 14.0. The molecule has 3 aromatic rings. The van der Waals surface area contributed by atoms with Gasteiger partial charge in [0, 0.05) is 0 Å². The van der Waals surface area contributed by atoms with Gasteiger partial charge in [0.05, 0.1) is 0 Å². The molecule has 1 saturated heterocycles. The molecule has 2 aliphatic heterocycles. The van der Waals surface area contributed by atoms with Crippen LogP contribution in [0.2, 0.25) is 14.8 Å². The van der Waals surface area contributed by atoms with Crippen LogP contribution in [0.3, 0.4) is 0 Å². The van der Waals surface area contributed by atoms with E-state index in [1.54, 1.807) is 24.4 Å². The van der Waals surface area contributed by atoms with Gasteiger partial charge in [-0.25, -0.2) is 0 Å². The molecule has 1 aromatic heterocycles. The molecule has 38 heavy (non-hydrogen) atoms. The van der Waals surface area contributed by atoms with Gasteiger partial charge in [0.1, 0.15) is 0 Å². The van der Waals surface area contributed by atoms with Crippen molar-refractivity contribution in [2.24, 2.45) is 0 Å². The van der Waals surface area contributed by atoms with Gasteiger partial charge in [-0.15, -0.1) is 0 Å². The molecule has 0 N–H and O–H groups in total. The number of hydrogen-bond donors (Lipinski definition) is 0. The van der Waals surface area contributed by atoms with Crippen LogP contribution in [0.1, 0.15) is 22.9 Å². The molecule has 9 heteroatoms. The molecule has 0 spiro atoms. The second-order valence-electron chi connectivity index (χ2n) is 10.4. The predicted octanol–water partition coefficient (Wildman–Crippen LogP) is 4.53. The number of amides is 1. The summed E-state index contributed by atoms with van der Waals surface area (Å²) in [7, 11) is -3.76. The van der Waals surface area contributed by atoms with Crippen LogP contribution in [0.5, 0.6) is 0 Å². The van der Waals surface area contributed by atoms with Gasteiger partial charge in [0.15, 0.2) is 0 Å². The number of ether oxygens (including phenoxy) is 1. The summed E-state index contributed by atoms with van der Waals surface area (Å²) in [6.45, 7) is 0. The van der Waals surface area contributed by atoms with Crippen molar-refractivity contribution in [2.45, 2.75) is 26.3 Å². The van der Waals surface area contributed by atoms with Crippen molar-refractivity contribution in [3.63, 3.8) is 0 Å². The molecule has 1 atom stereocenters. The molecule has 0 unspecified atom stereocenters. The van der Waals surface area contributed by atoms with Crippen molar-refractivity contribution in [3.8, 4) is 0 Å². The van der Waals surface area contributed by atoms with E-state index in [-0.39, 0.29) is 17.0 Å². The van der Waals surface area contributed by atoms with Gasteiger partial charge >= 0.3 is 228 Å². The Labute approximate surface area is 226 Å². The van der Waals surface area contributed by atoms with E-state index in [1.165, 1.54) is 6.08 Å². The molecule has 5 rings (SSSR count). The first-order valence-corrected chi connectivity index (χ1v) is 24.0. The summed E-state index contributed by atoms with van der Waals surface area (Å²) in [6, 6.07) is 23.9. The number of hydrogen-bond acceptors (Lipinski definition) is 6. The van der Waals surface area contributed by atoms with E-state index in [0.29, 0.717) is 9.28 Å². The van der Waals surface area contributed by atoms with Gasteiger partial charge in [-0.1, -0.05) is 0 Å². The van der Waals surface area contributed by atoms with Gasteiger partial charge in [-0.3, -0.25) is 0 Å². The zero-order chi connectivity index (χ0) is 27.1. The number of carbonyl (C=O) groups excluding carboxylic acids is 2. The van der Waals surface area contributed by atoms with Crippen molar-refractivity contribution < 1.29 is 22.7 Å². The third-order valence-electron chi connectivity index (χ3n) is 6.70. The normalized spacial score (nSPS) is 19.8. The average molecular weight is 635 g/mol. The Morgan fingerprint density at radius 2 is 1.55 bits per heavy atom. The Morgan fingerprint density at radius 1 is 0.974 bits per heavy atom. The van der Waals surface area contributed by atoms with Crippen LogP contribution in [-0.2, 0) is 24.2 Å². The van der Waals surface area contributed by atoms with Crippen LogP contribution in [-0.4, -0.2) is 59.7 Å². The molecule has 7 nitrogen and oxygen atoms in total. The van der Waals surface area contributed by atoms with E-state index in [0.717, 1.165) is 16.0 Å². The van der Waals surface area contributed by atoms with Crippen molar-refractivity contribution >= 4 is 46.2 Å². The number of rotatable bonds is 6. The number of aromatic nitrogens is 1. The molecule has 0 bridgehead atoms. The zero-order valence-electron chi connectivity index (χ0n) is 21.4. The summed E-state index contributed by atoms with van der Waals surface area (Å²) in [4.78, 5) is 38.9. The van der Waals surface area contributed by atoms with E-state index >= 15 is 0 Å². The van der Waals surface area contributed by atoms with Crippen molar-refractivity contribution in [2.75, 3.05) is 5.75 Å². The van der Waals surface area contributed by atoms with Crippen molar-refractivity contribution in [1.82, 2.24) is 9.88 Å². The summed E-state index contributed by atoms with van der Waals surface area (Å²) in [5.74, 6) is -1.46. The first kappa shape index (κ1) is 26.4. The number of carbonyl (C=O) groups is 2. The summed E-state index contributed by atoms with van der Waals surface area (Å²) < 4.78 is 33.6. The minimum atomic E-state index is -3.76. The quantitative estimate of drug-likeness (QED) is 0.171. The summed E-state index contributed by atoms with van der Waals surface area (Å²) in [5, 5.41) is -1.23. The van der Waals surface area contributed by atoms with Crippen LogP contribution in [0, 0.1) is 0 Å². The Morgan fingerprint density at radius 3 is 2.08 bits per heavy atom. The fourth-order valence-corrected chi connectivity index (χ4v) is 15.1. The number of esters is 1. The zero-order valence-corrected chi connectivity index (χ0v) is 25.0. The van der Waals surface area contributed by atoms with Crippen LogP contribution in [0.4, 0.5) is 0 Å². The Kier molecular flexibility index (Phi) is 7.04. The minimum absolute atomic E-state index is 0.0909. The summed E-state index contributed by atoms with van der Waals surface area (Å²) in [5.41, 5.74) is 2.24. The molecule has 0 aliphatic carbocycles. The number of β-lactam (4-membered cyclic amide) rings is 1. The monoisotopic (exact) mass is 636 g/mol. The van der Waals surface area contributed by atoms with Crippen molar-refractivity contribution in [3.05, 3.63) is 117 Å². The molecule has 1 fully saturated rings. The molecular weight excluding hydrogens is 607 g/mol. The topological polar surface area (TPSA) is 93.6 Å². The Bertz CT molecular complexity index is 1510. The van der Waals surface area contributed by atoms with E-state index in [2.05, 4.69) is 4.98 Å². The van der Waals surface area contributed by atoms with Crippen LogP contribution in [0.25, 0.3) is 6.08 Å². The van der Waals surface area contributed by atoms with Gasteiger partial charge in [0.25, 0.3) is 0 Å². The number of benzene rings is 2.